The van der Waals surface area contributed by atoms with Crippen LogP contribution in [-0.4, -0.2) is 15.3 Å². The zero-order valence-electron chi connectivity index (χ0n) is 7.13. The van der Waals surface area contributed by atoms with Crippen LogP contribution >= 0.6 is 8.03 Å². The quantitative estimate of drug-likeness (QED) is 0.500. The van der Waals surface area contributed by atoms with E-state index >= 15 is 0 Å². The van der Waals surface area contributed by atoms with Crippen LogP contribution in [-0.2, 0) is 4.57 Å². The van der Waals surface area contributed by atoms with Crippen molar-refractivity contribution >= 4 is 8.03 Å². The van der Waals surface area contributed by atoms with Gasteiger partial charge in [-0.1, -0.05) is 26.2 Å². The van der Waals surface area contributed by atoms with E-state index in [0.29, 0.717) is 6.42 Å². The van der Waals surface area contributed by atoms with Crippen LogP contribution in [0.5, 0.6) is 0 Å². The SMILES string of the molecule is CCCCCC(C)(O)[PH](=O)O. The summed E-state index contributed by atoms with van der Waals surface area (Å²) < 4.78 is 10.6. The first-order valence-corrected chi connectivity index (χ1v) is 5.32. The Labute approximate surface area is 68.3 Å². The van der Waals surface area contributed by atoms with E-state index in [1.807, 2.05) is 0 Å². The Morgan fingerprint density at radius 1 is 1.45 bits per heavy atom. The fourth-order valence-corrected chi connectivity index (χ4v) is 1.22. The smallest absolute Gasteiger partial charge is 0.219 e. The van der Waals surface area contributed by atoms with Crippen LogP contribution < -0.4 is 0 Å². The van der Waals surface area contributed by atoms with Gasteiger partial charge in [0, 0.05) is 0 Å². The average Bonchev–Trinajstić information content (AvgIpc) is 1.88. The fraction of sp³-hybridized carbons (Fsp3) is 1.00. The van der Waals surface area contributed by atoms with Crippen molar-refractivity contribution in [3.05, 3.63) is 0 Å². The molecule has 0 radical (unpaired) electrons. The van der Waals surface area contributed by atoms with Gasteiger partial charge in [-0.25, -0.2) is 0 Å². The van der Waals surface area contributed by atoms with Crippen molar-refractivity contribution in [2.45, 2.75) is 44.9 Å². The third-order valence-electron chi connectivity index (χ3n) is 1.73. The molecule has 0 saturated carbocycles. The van der Waals surface area contributed by atoms with Crippen molar-refractivity contribution in [3.63, 3.8) is 0 Å². The third kappa shape index (κ3) is 4.57. The Morgan fingerprint density at radius 2 is 2.00 bits per heavy atom. The van der Waals surface area contributed by atoms with Gasteiger partial charge in [0.05, 0.1) is 0 Å². The maximum atomic E-state index is 10.6. The molecule has 0 bridgehead atoms. The summed E-state index contributed by atoms with van der Waals surface area (Å²) in [6.45, 7) is 3.47. The number of aliphatic hydroxyl groups is 1. The molecule has 68 valence electrons. The van der Waals surface area contributed by atoms with E-state index in [1.54, 1.807) is 0 Å². The summed E-state index contributed by atoms with van der Waals surface area (Å²) >= 11 is 0. The van der Waals surface area contributed by atoms with Crippen molar-refractivity contribution in [3.8, 4) is 0 Å². The Morgan fingerprint density at radius 3 is 2.36 bits per heavy atom. The minimum absolute atomic E-state index is 0.426. The van der Waals surface area contributed by atoms with Gasteiger partial charge in [-0.3, -0.25) is 4.57 Å². The second-order valence-electron chi connectivity index (χ2n) is 3.04. The lowest BCUT2D eigenvalue weighted by Crippen LogP contribution is -2.18. The number of hydrogen-bond acceptors (Lipinski definition) is 2. The van der Waals surface area contributed by atoms with E-state index in [1.165, 1.54) is 6.92 Å². The summed E-state index contributed by atoms with van der Waals surface area (Å²) in [6, 6.07) is 0. The van der Waals surface area contributed by atoms with Gasteiger partial charge < -0.3 is 10.00 Å². The lowest BCUT2D eigenvalue weighted by atomic mass is 10.1. The third-order valence-corrected chi connectivity index (χ3v) is 2.90. The van der Waals surface area contributed by atoms with Gasteiger partial charge in [0.25, 0.3) is 0 Å². The minimum atomic E-state index is -2.79. The lowest BCUT2D eigenvalue weighted by Gasteiger charge is -2.18. The van der Waals surface area contributed by atoms with Crippen molar-refractivity contribution < 1.29 is 14.6 Å². The van der Waals surface area contributed by atoms with E-state index in [4.69, 9.17) is 4.89 Å². The molecule has 4 heteroatoms. The molecule has 0 spiro atoms. The summed E-state index contributed by atoms with van der Waals surface area (Å²) in [5.74, 6) is 0. The van der Waals surface area contributed by atoms with Gasteiger partial charge >= 0.3 is 0 Å². The summed E-state index contributed by atoms with van der Waals surface area (Å²) in [4.78, 5) is 8.68. The molecule has 0 aromatic heterocycles. The Balaban J connectivity index is 3.64. The highest BCUT2D eigenvalue weighted by atomic mass is 31.1. The van der Waals surface area contributed by atoms with E-state index in [2.05, 4.69) is 6.92 Å². The fourth-order valence-electron chi connectivity index (χ4n) is 0.826. The molecule has 3 nitrogen and oxygen atoms in total. The zero-order valence-corrected chi connectivity index (χ0v) is 8.13. The van der Waals surface area contributed by atoms with Gasteiger partial charge in [-0.15, -0.1) is 0 Å². The van der Waals surface area contributed by atoms with Crippen molar-refractivity contribution in [2.24, 2.45) is 0 Å². The summed E-state index contributed by atoms with van der Waals surface area (Å²) in [6.07, 6.45) is 3.31. The highest BCUT2D eigenvalue weighted by Crippen LogP contribution is 2.36. The largest absolute Gasteiger partial charge is 0.380 e. The molecule has 2 unspecified atom stereocenters. The first-order valence-electron chi connectivity index (χ1n) is 3.96. The topological polar surface area (TPSA) is 57.5 Å². The van der Waals surface area contributed by atoms with E-state index < -0.39 is 13.4 Å². The van der Waals surface area contributed by atoms with Crippen molar-refractivity contribution in [1.29, 1.82) is 0 Å². The molecule has 0 fully saturated rings. The zero-order chi connectivity index (χ0) is 8.91. The van der Waals surface area contributed by atoms with Crippen molar-refractivity contribution in [1.82, 2.24) is 0 Å². The predicted molar refractivity (Wildman–Crippen MR) is 46.0 cm³/mol. The van der Waals surface area contributed by atoms with Crippen LogP contribution in [0.25, 0.3) is 0 Å². The van der Waals surface area contributed by atoms with Crippen LogP contribution in [0.15, 0.2) is 0 Å². The van der Waals surface area contributed by atoms with Gasteiger partial charge in [-0.2, -0.15) is 0 Å². The monoisotopic (exact) mass is 180 g/mol. The van der Waals surface area contributed by atoms with Crippen molar-refractivity contribution in [2.75, 3.05) is 0 Å². The first-order chi connectivity index (χ1) is 5.00. The second-order valence-corrected chi connectivity index (χ2v) is 4.72. The molecule has 11 heavy (non-hydrogen) atoms. The normalized spacial score (nSPS) is 19.3. The molecule has 0 heterocycles. The molecule has 0 aliphatic heterocycles. The van der Waals surface area contributed by atoms with Gasteiger partial charge in [-0.05, 0) is 13.3 Å². The molecule has 0 aromatic rings. The van der Waals surface area contributed by atoms with Gasteiger partial charge in [0.1, 0.15) is 5.34 Å². The van der Waals surface area contributed by atoms with Crippen LogP contribution in [0, 0.1) is 0 Å². The second kappa shape index (κ2) is 4.91. The van der Waals surface area contributed by atoms with Crippen LogP contribution in [0.2, 0.25) is 0 Å². The maximum Gasteiger partial charge on any atom is 0.219 e. The van der Waals surface area contributed by atoms with E-state index in [9.17, 15) is 9.67 Å². The minimum Gasteiger partial charge on any atom is -0.380 e. The van der Waals surface area contributed by atoms with E-state index in [0.717, 1.165) is 19.3 Å². The molecule has 0 aliphatic carbocycles. The summed E-state index contributed by atoms with van der Waals surface area (Å²) in [7, 11) is -2.79. The highest BCUT2D eigenvalue weighted by molar-refractivity contribution is 7.39. The number of hydrogen-bond donors (Lipinski definition) is 2. The molecule has 0 rings (SSSR count). The van der Waals surface area contributed by atoms with Crippen LogP contribution in [0.3, 0.4) is 0 Å². The van der Waals surface area contributed by atoms with E-state index in [-0.39, 0.29) is 0 Å². The highest BCUT2D eigenvalue weighted by Gasteiger charge is 2.25. The Bertz CT molecular complexity index is 134. The van der Waals surface area contributed by atoms with Crippen LogP contribution in [0.4, 0.5) is 0 Å². The lowest BCUT2D eigenvalue weighted by molar-refractivity contribution is 0.122. The van der Waals surface area contributed by atoms with Gasteiger partial charge in [0.15, 0.2) is 0 Å². The number of rotatable bonds is 5. The maximum absolute atomic E-state index is 10.6. The van der Waals surface area contributed by atoms with Gasteiger partial charge in [0.2, 0.25) is 8.03 Å². The predicted octanol–water partition coefficient (Wildman–Crippen LogP) is 1.74. The molecule has 0 aromatic carbocycles. The average molecular weight is 180 g/mol. The molecule has 0 saturated heterocycles. The Kier molecular flexibility index (Phi) is 4.98. The standard InChI is InChI=1S/C7H17O3P/c1-3-4-5-6-7(2,8)11(9)10/h8,11H,3-6H2,1-2H3,(H,9,10). The summed E-state index contributed by atoms with van der Waals surface area (Å²) in [5, 5.41) is 7.95. The molecule has 0 aliphatic rings. The molecular weight excluding hydrogens is 163 g/mol. The number of unbranched alkanes of at least 4 members (excludes halogenated alkanes) is 2. The summed E-state index contributed by atoms with van der Waals surface area (Å²) in [5.41, 5.74) is 0. The first kappa shape index (κ1) is 11.2. The molecular formula is C7H17O3P. The molecule has 2 atom stereocenters. The Hall–Kier alpha value is 0.150. The molecule has 2 N–H and O–H groups in total. The van der Waals surface area contributed by atoms with Crippen LogP contribution in [0.1, 0.15) is 39.5 Å². The molecule has 0 amide bonds.